The minimum Gasteiger partial charge on any atom is -0.352 e. The van der Waals surface area contributed by atoms with Crippen molar-refractivity contribution < 1.29 is 4.79 Å². The van der Waals surface area contributed by atoms with Gasteiger partial charge in [-0.1, -0.05) is 18.9 Å². The number of rotatable bonds is 5. The largest absolute Gasteiger partial charge is 0.352 e. The van der Waals surface area contributed by atoms with Gasteiger partial charge in [-0.3, -0.25) is 4.79 Å². The summed E-state index contributed by atoms with van der Waals surface area (Å²) in [5.74, 6) is 1.02. The fourth-order valence-electron chi connectivity index (χ4n) is 2.54. The molecule has 18 heavy (non-hydrogen) atoms. The highest BCUT2D eigenvalue weighted by Crippen LogP contribution is 2.33. The van der Waals surface area contributed by atoms with Gasteiger partial charge in [0.25, 0.3) is 5.91 Å². The van der Waals surface area contributed by atoms with Crippen LogP contribution in [0.5, 0.6) is 0 Å². The molecule has 0 aromatic heterocycles. The van der Waals surface area contributed by atoms with E-state index in [4.69, 9.17) is 0 Å². The van der Waals surface area contributed by atoms with Gasteiger partial charge in [-0.25, -0.2) is 0 Å². The summed E-state index contributed by atoms with van der Waals surface area (Å²) in [6.45, 7) is 2.63. The van der Waals surface area contributed by atoms with Crippen LogP contribution in [-0.2, 0) is 13.1 Å². The quantitative estimate of drug-likeness (QED) is 0.780. The summed E-state index contributed by atoms with van der Waals surface area (Å²) in [6.07, 6.45) is 5.18. The van der Waals surface area contributed by atoms with Crippen LogP contribution in [0.4, 0.5) is 0 Å². The van der Waals surface area contributed by atoms with Crippen LogP contribution in [0.25, 0.3) is 0 Å². The van der Waals surface area contributed by atoms with Gasteiger partial charge in [0.05, 0.1) is 0 Å². The highest BCUT2D eigenvalue weighted by Gasteiger charge is 2.20. The van der Waals surface area contributed by atoms with Crippen molar-refractivity contribution in [2.75, 3.05) is 6.54 Å². The maximum Gasteiger partial charge on any atom is 0.251 e. The zero-order valence-electron chi connectivity index (χ0n) is 10.7. The van der Waals surface area contributed by atoms with Crippen molar-refractivity contribution in [3.8, 4) is 0 Å². The van der Waals surface area contributed by atoms with Gasteiger partial charge in [0, 0.05) is 25.2 Å². The molecule has 2 N–H and O–H groups in total. The molecule has 1 amide bonds. The molecule has 3 rings (SSSR count). The Labute approximate surface area is 108 Å². The molecule has 3 nitrogen and oxygen atoms in total. The molecular formula is C15H20N2O. The molecule has 2 aliphatic rings. The van der Waals surface area contributed by atoms with Crippen LogP contribution in [0.3, 0.4) is 0 Å². The van der Waals surface area contributed by atoms with Crippen LogP contribution < -0.4 is 10.6 Å². The molecule has 0 spiro atoms. The van der Waals surface area contributed by atoms with Crippen LogP contribution >= 0.6 is 0 Å². The summed E-state index contributed by atoms with van der Waals surface area (Å²) in [5, 5.41) is 6.31. The molecule has 1 aliphatic carbocycles. The van der Waals surface area contributed by atoms with E-state index >= 15 is 0 Å². The second kappa shape index (κ2) is 5.11. The Hall–Kier alpha value is -1.35. The molecule has 1 aromatic carbocycles. The Balaban J connectivity index is 1.51. The lowest BCUT2D eigenvalue weighted by molar-refractivity contribution is 0.0952. The van der Waals surface area contributed by atoms with Crippen molar-refractivity contribution in [1.29, 1.82) is 0 Å². The third-order valence-electron chi connectivity index (χ3n) is 3.87. The molecule has 0 radical (unpaired) electrons. The van der Waals surface area contributed by atoms with E-state index in [9.17, 15) is 4.79 Å². The Kier molecular flexibility index (Phi) is 3.33. The Bertz CT molecular complexity index is 452. The van der Waals surface area contributed by atoms with E-state index in [0.717, 1.165) is 37.5 Å². The van der Waals surface area contributed by atoms with Crippen LogP contribution in [0.1, 0.15) is 47.2 Å². The van der Waals surface area contributed by atoms with Crippen LogP contribution in [-0.4, -0.2) is 12.5 Å². The van der Waals surface area contributed by atoms with E-state index in [0.29, 0.717) is 0 Å². The minimum atomic E-state index is 0.0699. The normalized spacial score (nSPS) is 17.6. The molecular weight excluding hydrogens is 224 g/mol. The molecule has 0 atom stereocenters. The molecule has 0 saturated heterocycles. The lowest BCUT2D eigenvalue weighted by Gasteiger charge is -2.06. The van der Waals surface area contributed by atoms with Crippen LogP contribution in [0.15, 0.2) is 18.2 Å². The fraction of sp³-hybridized carbons (Fsp3) is 0.533. The Morgan fingerprint density at radius 3 is 2.94 bits per heavy atom. The first kappa shape index (κ1) is 11.7. The van der Waals surface area contributed by atoms with Crippen molar-refractivity contribution in [2.45, 2.75) is 38.8 Å². The van der Waals surface area contributed by atoms with E-state index < -0.39 is 0 Å². The topological polar surface area (TPSA) is 41.1 Å². The van der Waals surface area contributed by atoms with Gasteiger partial charge in [-0.2, -0.15) is 0 Å². The molecule has 1 aliphatic heterocycles. The molecule has 1 saturated carbocycles. The predicted molar refractivity (Wildman–Crippen MR) is 71.3 cm³/mol. The molecule has 96 valence electrons. The number of fused-ring (bicyclic) bond motifs is 1. The maximum atomic E-state index is 12.0. The summed E-state index contributed by atoms with van der Waals surface area (Å²) in [7, 11) is 0. The predicted octanol–water partition coefficient (Wildman–Crippen LogP) is 2.21. The first-order valence-electron chi connectivity index (χ1n) is 6.93. The van der Waals surface area contributed by atoms with E-state index in [1.54, 1.807) is 0 Å². The number of benzene rings is 1. The summed E-state index contributed by atoms with van der Waals surface area (Å²) >= 11 is 0. The molecule has 1 heterocycles. The zero-order valence-corrected chi connectivity index (χ0v) is 10.7. The lowest BCUT2D eigenvalue weighted by Crippen LogP contribution is -2.24. The second-order valence-electron chi connectivity index (χ2n) is 5.43. The van der Waals surface area contributed by atoms with Crippen molar-refractivity contribution in [3.63, 3.8) is 0 Å². The SMILES string of the molecule is O=C(NCCCC1CC1)c1ccc2c(c1)CNC2. The van der Waals surface area contributed by atoms with Crippen LogP contribution in [0, 0.1) is 5.92 Å². The molecule has 0 unspecified atom stereocenters. The van der Waals surface area contributed by atoms with Gasteiger partial charge in [-0.05, 0) is 42.0 Å². The summed E-state index contributed by atoms with van der Waals surface area (Å²) in [6, 6.07) is 6.02. The average Bonchev–Trinajstić information content (AvgIpc) is 3.09. The van der Waals surface area contributed by atoms with Gasteiger partial charge < -0.3 is 10.6 Å². The number of amides is 1. The highest BCUT2D eigenvalue weighted by molar-refractivity contribution is 5.94. The first-order chi connectivity index (χ1) is 8.83. The van der Waals surface area contributed by atoms with E-state index in [-0.39, 0.29) is 5.91 Å². The van der Waals surface area contributed by atoms with Crippen molar-refractivity contribution >= 4 is 5.91 Å². The average molecular weight is 244 g/mol. The van der Waals surface area contributed by atoms with Gasteiger partial charge in [-0.15, -0.1) is 0 Å². The Morgan fingerprint density at radius 1 is 1.28 bits per heavy atom. The monoisotopic (exact) mass is 244 g/mol. The Morgan fingerprint density at radius 2 is 2.11 bits per heavy atom. The third kappa shape index (κ3) is 2.72. The number of hydrogen-bond donors (Lipinski definition) is 2. The number of carbonyl (C=O) groups excluding carboxylic acids is 1. The first-order valence-corrected chi connectivity index (χ1v) is 6.93. The molecule has 1 fully saturated rings. The maximum absolute atomic E-state index is 12.0. The van der Waals surface area contributed by atoms with Crippen molar-refractivity contribution in [3.05, 3.63) is 34.9 Å². The summed E-state index contributed by atoms with van der Waals surface area (Å²) in [5.41, 5.74) is 3.38. The lowest BCUT2D eigenvalue weighted by atomic mass is 10.1. The van der Waals surface area contributed by atoms with Gasteiger partial charge in [0.1, 0.15) is 0 Å². The standard InChI is InChI=1S/C15H20N2O/c18-15(17-7-1-2-11-3-4-11)12-5-6-13-9-16-10-14(13)8-12/h5-6,8,11,16H,1-4,7,9-10H2,(H,17,18). The van der Waals surface area contributed by atoms with E-state index in [1.165, 1.54) is 30.4 Å². The van der Waals surface area contributed by atoms with E-state index in [1.807, 2.05) is 12.1 Å². The number of hydrogen-bond acceptors (Lipinski definition) is 2. The zero-order chi connectivity index (χ0) is 12.4. The summed E-state index contributed by atoms with van der Waals surface area (Å²) < 4.78 is 0. The van der Waals surface area contributed by atoms with Crippen LogP contribution in [0.2, 0.25) is 0 Å². The highest BCUT2D eigenvalue weighted by atomic mass is 16.1. The molecule has 0 bridgehead atoms. The third-order valence-corrected chi connectivity index (χ3v) is 3.87. The van der Waals surface area contributed by atoms with Crippen molar-refractivity contribution in [1.82, 2.24) is 10.6 Å². The van der Waals surface area contributed by atoms with Gasteiger partial charge >= 0.3 is 0 Å². The second-order valence-corrected chi connectivity index (χ2v) is 5.43. The minimum absolute atomic E-state index is 0.0699. The van der Waals surface area contributed by atoms with Crippen molar-refractivity contribution in [2.24, 2.45) is 5.92 Å². The molecule has 3 heteroatoms. The fourth-order valence-corrected chi connectivity index (χ4v) is 2.54. The van der Waals surface area contributed by atoms with Gasteiger partial charge in [0.2, 0.25) is 0 Å². The van der Waals surface area contributed by atoms with E-state index in [2.05, 4.69) is 16.7 Å². The number of nitrogens with one attached hydrogen (secondary N) is 2. The molecule has 1 aromatic rings. The summed E-state index contributed by atoms with van der Waals surface area (Å²) in [4.78, 5) is 12.0. The van der Waals surface area contributed by atoms with Gasteiger partial charge in [0.15, 0.2) is 0 Å². The number of carbonyl (C=O) groups is 1. The smallest absolute Gasteiger partial charge is 0.251 e.